The van der Waals surface area contributed by atoms with Crippen molar-refractivity contribution in [3.63, 3.8) is 0 Å². The van der Waals surface area contributed by atoms with Crippen molar-refractivity contribution in [2.75, 3.05) is 6.54 Å². The van der Waals surface area contributed by atoms with Crippen LogP contribution in [0.3, 0.4) is 0 Å². The van der Waals surface area contributed by atoms with Crippen LogP contribution >= 0.6 is 0 Å². The molecular weight excluding hydrogens is 276 g/mol. The van der Waals surface area contributed by atoms with Gasteiger partial charge in [-0.15, -0.1) is 0 Å². The van der Waals surface area contributed by atoms with E-state index in [1.54, 1.807) is 12.4 Å². The molecule has 1 saturated carbocycles. The van der Waals surface area contributed by atoms with Crippen LogP contribution < -0.4 is 0 Å². The fourth-order valence-corrected chi connectivity index (χ4v) is 4.03. The molecule has 4 rings (SSSR count). The number of hydrogen-bond acceptors (Lipinski definition) is 5. The lowest BCUT2D eigenvalue weighted by Gasteiger charge is -2.43. The molecule has 2 aromatic heterocycles. The molecule has 1 saturated heterocycles. The molecule has 5 heteroatoms. The Balaban J connectivity index is 1.48. The van der Waals surface area contributed by atoms with Crippen LogP contribution in [0.2, 0.25) is 0 Å². The van der Waals surface area contributed by atoms with Gasteiger partial charge in [-0.05, 0) is 50.3 Å². The predicted molar refractivity (Wildman–Crippen MR) is 82.9 cm³/mol. The third-order valence-electron chi connectivity index (χ3n) is 5.08. The van der Waals surface area contributed by atoms with Crippen LogP contribution in [0.25, 0.3) is 11.4 Å². The van der Waals surface area contributed by atoms with Gasteiger partial charge in [-0.2, -0.15) is 4.98 Å². The smallest absolute Gasteiger partial charge is 0.241 e. The zero-order valence-corrected chi connectivity index (χ0v) is 12.8. The highest BCUT2D eigenvalue weighted by atomic mass is 16.5. The number of nitrogens with zero attached hydrogens (tertiary/aromatic N) is 4. The van der Waals surface area contributed by atoms with Crippen molar-refractivity contribution in [1.82, 2.24) is 20.0 Å². The largest absolute Gasteiger partial charge is 0.338 e. The lowest BCUT2D eigenvalue weighted by Crippen LogP contribution is -2.46. The fourth-order valence-electron chi connectivity index (χ4n) is 4.03. The molecule has 2 atom stereocenters. The summed E-state index contributed by atoms with van der Waals surface area (Å²) < 4.78 is 5.47. The molecule has 22 heavy (non-hydrogen) atoms. The molecule has 116 valence electrons. The van der Waals surface area contributed by atoms with Gasteiger partial charge in [0.1, 0.15) is 0 Å². The summed E-state index contributed by atoms with van der Waals surface area (Å²) in [4.78, 5) is 11.2. The lowest BCUT2D eigenvalue weighted by molar-refractivity contribution is 0.0466. The topological polar surface area (TPSA) is 55.1 Å². The van der Waals surface area contributed by atoms with Crippen molar-refractivity contribution < 1.29 is 4.52 Å². The minimum atomic E-state index is 0.639. The quantitative estimate of drug-likeness (QED) is 0.870. The van der Waals surface area contributed by atoms with E-state index < -0.39 is 0 Å². The van der Waals surface area contributed by atoms with Crippen LogP contribution in [0, 0.1) is 5.92 Å². The molecule has 3 heterocycles. The number of pyridine rings is 1. The molecular formula is C17H22N4O. The molecule has 1 aliphatic heterocycles. The Morgan fingerprint density at radius 2 is 2.09 bits per heavy atom. The molecule has 2 fully saturated rings. The van der Waals surface area contributed by atoms with E-state index in [9.17, 15) is 0 Å². The lowest BCUT2D eigenvalue weighted by atomic mass is 9.78. The molecule has 0 aromatic carbocycles. The Labute approximate surface area is 130 Å². The van der Waals surface area contributed by atoms with Gasteiger partial charge in [0.2, 0.25) is 11.7 Å². The molecule has 5 nitrogen and oxygen atoms in total. The van der Waals surface area contributed by atoms with Gasteiger partial charge in [-0.3, -0.25) is 9.88 Å². The summed E-state index contributed by atoms with van der Waals surface area (Å²) in [6.45, 7) is 1.94. The van der Waals surface area contributed by atoms with E-state index >= 15 is 0 Å². The monoisotopic (exact) mass is 298 g/mol. The second kappa shape index (κ2) is 6.16. The minimum absolute atomic E-state index is 0.639. The van der Waals surface area contributed by atoms with E-state index in [0.717, 1.165) is 36.5 Å². The third-order valence-corrected chi connectivity index (χ3v) is 5.08. The summed E-state index contributed by atoms with van der Waals surface area (Å²) >= 11 is 0. The number of rotatable bonds is 3. The maximum atomic E-state index is 5.47. The highest BCUT2D eigenvalue weighted by molar-refractivity contribution is 5.51. The highest BCUT2D eigenvalue weighted by Crippen LogP contribution is 2.35. The van der Waals surface area contributed by atoms with Gasteiger partial charge in [0, 0.05) is 24.0 Å². The minimum Gasteiger partial charge on any atom is -0.338 e. The Morgan fingerprint density at radius 3 is 3.00 bits per heavy atom. The van der Waals surface area contributed by atoms with Gasteiger partial charge in [0.05, 0.1) is 6.54 Å². The first kappa shape index (κ1) is 13.9. The van der Waals surface area contributed by atoms with Crippen LogP contribution in [0.5, 0.6) is 0 Å². The van der Waals surface area contributed by atoms with E-state index in [-0.39, 0.29) is 0 Å². The van der Waals surface area contributed by atoms with Gasteiger partial charge < -0.3 is 4.52 Å². The van der Waals surface area contributed by atoms with E-state index in [1.807, 2.05) is 12.1 Å². The first-order valence-electron chi connectivity index (χ1n) is 8.37. The van der Waals surface area contributed by atoms with E-state index in [1.165, 1.54) is 38.5 Å². The Morgan fingerprint density at radius 1 is 1.18 bits per heavy atom. The molecule has 0 spiro atoms. The van der Waals surface area contributed by atoms with E-state index in [0.29, 0.717) is 5.82 Å². The SMILES string of the molecule is c1cncc(-c2noc(CN3CCC[C@@H]4CCCC[C@@H]43)n2)c1. The van der Waals surface area contributed by atoms with Crippen molar-refractivity contribution in [1.29, 1.82) is 0 Å². The molecule has 2 aliphatic rings. The number of likely N-dealkylation sites (tertiary alicyclic amines) is 1. The molecule has 0 N–H and O–H groups in total. The highest BCUT2D eigenvalue weighted by Gasteiger charge is 2.33. The Hall–Kier alpha value is -1.75. The summed E-state index contributed by atoms with van der Waals surface area (Å²) in [7, 11) is 0. The van der Waals surface area contributed by atoms with Gasteiger partial charge in [0.25, 0.3) is 0 Å². The van der Waals surface area contributed by atoms with Gasteiger partial charge in [0.15, 0.2) is 0 Å². The third kappa shape index (κ3) is 2.77. The molecule has 0 amide bonds. The van der Waals surface area contributed by atoms with Gasteiger partial charge in [-0.25, -0.2) is 0 Å². The number of aromatic nitrogens is 3. The Bertz CT molecular complexity index is 610. The van der Waals surface area contributed by atoms with Crippen molar-refractivity contribution >= 4 is 0 Å². The van der Waals surface area contributed by atoms with Gasteiger partial charge in [-0.1, -0.05) is 18.0 Å². The van der Waals surface area contributed by atoms with Crippen LogP contribution in [-0.2, 0) is 6.54 Å². The summed E-state index contributed by atoms with van der Waals surface area (Å²) in [6.07, 6.45) is 11.7. The first-order chi connectivity index (χ1) is 10.9. The second-order valence-electron chi connectivity index (χ2n) is 6.48. The first-order valence-corrected chi connectivity index (χ1v) is 8.37. The molecule has 1 aliphatic carbocycles. The molecule has 2 aromatic rings. The van der Waals surface area contributed by atoms with Crippen molar-refractivity contribution in [2.45, 2.75) is 51.1 Å². The van der Waals surface area contributed by atoms with E-state index in [4.69, 9.17) is 4.52 Å². The van der Waals surface area contributed by atoms with Crippen LogP contribution in [0.4, 0.5) is 0 Å². The summed E-state index contributed by atoms with van der Waals surface area (Å²) in [6, 6.07) is 4.57. The maximum Gasteiger partial charge on any atom is 0.241 e. The molecule has 0 radical (unpaired) electrons. The number of hydrogen-bond donors (Lipinski definition) is 0. The maximum absolute atomic E-state index is 5.47. The van der Waals surface area contributed by atoms with Crippen molar-refractivity contribution in [3.8, 4) is 11.4 Å². The van der Waals surface area contributed by atoms with Gasteiger partial charge >= 0.3 is 0 Å². The van der Waals surface area contributed by atoms with Crippen molar-refractivity contribution in [2.24, 2.45) is 5.92 Å². The van der Waals surface area contributed by atoms with Crippen LogP contribution in [0.15, 0.2) is 29.0 Å². The zero-order chi connectivity index (χ0) is 14.8. The van der Waals surface area contributed by atoms with Crippen molar-refractivity contribution in [3.05, 3.63) is 30.4 Å². The van der Waals surface area contributed by atoms with E-state index in [2.05, 4.69) is 20.0 Å². The normalized spacial score (nSPS) is 25.8. The fraction of sp³-hybridized carbons (Fsp3) is 0.588. The number of fused-ring (bicyclic) bond motifs is 1. The number of piperidine rings is 1. The Kier molecular flexibility index (Phi) is 3.89. The standard InChI is InChI=1S/C17H22N4O/c1-2-8-15-13(5-1)7-4-10-21(15)12-16-19-17(20-22-16)14-6-3-9-18-11-14/h3,6,9,11,13,15H,1-2,4-5,7-8,10,12H2/t13-,15-/m0/s1. The van der Waals surface area contributed by atoms with Crippen LogP contribution in [0.1, 0.15) is 44.4 Å². The summed E-state index contributed by atoms with van der Waals surface area (Å²) in [5.41, 5.74) is 0.909. The second-order valence-corrected chi connectivity index (χ2v) is 6.48. The molecule has 0 bridgehead atoms. The summed E-state index contributed by atoms with van der Waals surface area (Å²) in [5, 5.41) is 4.10. The van der Waals surface area contributed by atoms with Crippen LogP contribution in [-0.4, -0.2) is 32.6 Å². The average molecular weight is 298 g/mol. The molecule has 0 unspecified atom stereocenters. The zero-order valence-electron chi connectivity index (χ0n) is 12.8. The summed E-state index contributed by atoms with van der Waals surface area (Å²) in [5.74, 6) is 2.24. The predicted octanol–water partition coefficient (Wildman–Crippen LogP) is 3.29. The average Bonchev–Trinajstić information content (AvgIpc) is 3.05.